The zero-order chi connectivity index (χ0) is 15.1. The maximum atomic E-state index is 9.74. The highest BCUT2D eigenvalue weighted by molar-refractivity contribution is 6.35. The van der Waals surface area contributed by atoms with Crippen molar-refractivity contribution in [3.05, 3.63) is 46.4 Å². The van der Waals surface area contributed by atoms with Crippen LogP contribution in [0.15, 0.2) is 36.4 Å². The van der Waals surface area contributed by atoms with Gasteiger partial charge in [-0.3, -0.25) is 0 Å². The molecule has 3 aromatic rings. The zero-order valence-corrected chi connectivity index (χ0v) is 13.2. The summed E-state index contributed by atoms with van der Waals surface area (Å²) in [7, 11) is 0. The first kappa shape index (κ1) is 14.2. The fraction of sp³-hybridized carbons (Fsp3) is 0.188. The van der Waals surface area contributed by atoms with Crippen LogP contribution in [0.1, 0.15) is 19.9 Å². The molecule has 21 heavy (non-hydrogen) atoms. The van der Waals surface area contributed by atoms with E-state index in [-0.39, 0.29) is 11.8 Å². The van der Waals surface area contributed by atoms with Gasteiger partial charge in [-0.15, -0.1) is 0 Å². The van der Waals surface area contributed by atoms with Crippen molar-refractivity contribution in [1.29, 1.82) is 0 Å². The smallest absolute Gasteiger partial charge is 0.143 e. The van der Waals surface area contributed by atoms with E-state index in [9.17, 15) is 5.11 Å². The van der Waals surface area contributed by atoms with Gasteiger partial charge >= 0.3 is 0 Å². The van der Waals surface area contributed by atoms with Crippen LogP contribution in [0.25, 0.3) is 22.4 Å². The predicted molar refractivity (Wildman–Crippen MR) is 87.2 cm³/mol. The van der Waals surface area contributed by atoms with Crippen LogP contribution in [0, 0.1) is 0 Å². The summed E-state index contributed by atoms with van der Waals surface area (Å²) in [5.74, 6) is 0.858. The summed E-state index contributed by atoms with van der Waals surface area (Å²) in [5.41, 5.74) is 2.38. The molecule has 0 aliphatic carbocycles. The van der Waals surface area contributed by atoms with Crippen LogP contribution in [-0.2, 0) is 0 Å². The van der Waals surface area contributed by atoms with E-state index in [1.807, 2.05) is 22.8 Å². The SMILES string of the molecule is CC(C)n1c(-c2cc(O)ccc2Cl)nc2cccc(Cl)c21. The van der Waals surface area contributed by atoms with E-state index in [4.69, 9.17) is 23.2 Å². The molecule has 0 aliphatic rings. The van der Waals surface area contributed by atoms with Gasteiger partial charge in [-0.25, -0.2) is 4.98 Å². The summed E-state index contributed by atoms with van der Waals surface area (Å²) in [6.07, 6.45) is 0. The van der Waals surface area contributed by atoms with Crippen molar-refractivity contribution >= 4 is 34.2 Å². The number of benzene rings is 2. The number of aromatic hydroxyl groups is 1. The molecule has 0 fully saturated rings. The average Bonchev–Trinajstić information content (AvgIpc) is 2.82. The maximum absolute atomic E-state index is 9.74. The summed E-state index contributed by atoms with van der Waals surface area (Å²) in [5, 5.41) is 10.9. The van der Waals surface area contributed by atoms with Crippen LogP contribution in [0.3, 0.4) is 0 Å². The second-order valence-electron chi connectivity index (χ2n) is 5.17. The van der Waals surface area contributed by atoms with Crippen molar-refractivity contribution in [2.45, 2.75) is 19.9 Å². The minimum Gasteiger partial charge on any atom is -0.508 e. The molecule has 0 saturated carbocycles. The van der Waals surface area contributed by atoms with Crippen LogP contribution in [-0.4, -0.2) is 14.7 Å². The molecule has 0 aliphatic heterocycles. The Kier molecular flexibility index (Phi) is 3.56. The highest BCUT2D eigenvalue weighted by atomic mass is 35.5. The highest BCUT2D eigenvalue weighted by Gasteiger charge is 2.19. The fourth-order valence-corrected chi connectivity index (χ4v) is 2.95. The van der Waals surface area contributed by atoms with E-state index in [0.717, 1.165) is 11.0 Å². The first-order valence-electron chi connectivity index (χ1n) is 6.64. The van der Waals surface area contributed by atoms with Crippen LogP contribution >= 0.6 is 23.2 Å². The summed E-state index contributed by atoms with van der Waals surface area (Å²) >= 11 is 12.6. The van der Waals surface area contributed by atoms with Gasteiger partial charge in [0.05, 0.1) is 21.1 Å². The first-order chi connectivity index (χ1) is 9.99. The Morgan fingerprint density at radius 2 is 1.86 bits per heavy atom. The Morgan fingerprint density at radius 1 is 1.10 bits per heavy atom. The number of nitrogens with zero attached hydrogens (tertiary/aromatic N) is 2. The summed E-state index contributed by atoms with van der Waals surface area (Å²) in [6.45, 7) is 4.12. The number of hydrogen-bond acceptors (Lipinski definition) is 2. The lowest BCUT2D eigenvalue weighted by atomic mass is 10.2. The Hall–Kier alpha value is -1.71. The third-order valence-electron chi connectivity index (χ3n) is 3.37. The van der Waals surface area contributed by atoms with E-state index in [1.165, 1.54) is 0 Å². The Bertz CT molecular complexity index is 825. The largest absolute Gasteiger partial charge is 0.508 e. The molecule has 0 radical (unpaired) electrons. The normalized spacial score (nSPS) is 11.5. The Labute approximate surface area is 132 Å². The highest BCUT2D eigenvalue weighted by Crippen LogP contribution is 2.36. The molecule has 108 valence electrons. The number of phenols is 1. The molecular formula is C16H14Cl2N2O. The lowest BCUT2D eigenvalue weighted by Gasteiger charge is -2.14. The molecule has 0 spiro atoms. The van der Waals surface area contributed by atoms with Gasteiger partial charge < -0.3 is 9.67 Å². The molecule has 0 atom stereocenters. The lowest BCUT2D eigenvalue weighted by molar-refractivity contribution is 0.475. The molecule has 0 unspecified atom stereocenters. The number of imidazole rings is 1. The van der Waals surface area contributed by atoms with Gasteiger partial charge in [0, 0.05) is 11.6 Å². The van der Waals surface area contributed by atoms with E-state index in [1.54, 1.807) is 18.2 Å². The van der Waals surface area contributed by atoms with Crippen molar-refractivity contribution in [3.63, 3.8) is 0 Å². The van der Waals surface area contributed by atoms with Crippen molar-refractivity contribution < 1.29 is 5.11 Å². The fourth-order valence-electron chi connectivity index (χ4n) is 2.48. The number of phenolic OH excluding ortho intramolecular Hbond substituents is 1. The molecule has 0 bridgehead atoms. The number of aromatic nitrogens is 2. The monoisotopic (exact) mass is 320 g/mol. The zero-order valence-electron chi connectivity index (χ0n) is 11.6. The molecular weight excluding hydrogens is 307 g/mol. The summed E-state index contributed by atoms with van der Waals surface area (Å²) in [4.78, 5) is 4.65. The van der Waals surface area contributed by atoms with Crippen molar-refractivity contribution in [3.8, 4) is 17.1 Å². The molecule has 1 aromatic heterocycles. The van der Waals surface area contributed by atoms with E-state index in [2.05, 4.69) is 18.8 Å². The third kappa shape index (κ3) is 2.37. The molecule has 1 heterocycles. The van der Waals surface area contributed by atoms with Crippen molar-refractivity contribution in [2.75, 3.05) is 0 Å². The Morgan fingerprint density at radius 3 is 2.57 bits per heavy atom. The minimum absolute atomic E-state index is 0.155. The first-order valence-corrected chi connectivity index (χ1v) is 7.40. The number of hydrogen-bond donors (Lipinski definition) is 1. The molecule has 3 nitrogen and oxygen atoms in total. The molecule has 0 saturated heterocycles. The number of fused-ring (bicyclic) bond motifs is 1. The van der Waals surface area contributed by atoms with Crippen molar-refractivity contribution in [2.24, 2.45) is 0 Å². The standard InChI is InChI=1S/C16H14Cl2N2O/c1-9(2)20-15-13(18)4-3-5-14(15)19-16(20)11-8-10(21)6-7-12(11)17/h3-9,21H,1-2H3. The van der Waals surface area contributed by atoms with Crippen LogP contribution in [0.2, 0.25) is 10.0 Å². The van der Waals surface area contributed by atoms with Gasteiger partial charge in [-0.05, 0) is 44.2 Å². The van der Waals surface area contributed by atoms with Gasteiger partial charge in [-0.2, -0.15) is 0 Å². The third-order valence-corrected chi connectivity index (χ3v) is 4.00. The second-order valence-corrected chi connectivity index (χ2v) is 5.99. The van der Waals surface area contributed by atoms with Gasteiger partial charge in [0.2, 0.25) is 0 Å². The topological polar surface area (TPSA) is 38.0 Å². The number of para-hydroxylation sites is 1. The predicted octanol–water partition coefficient (Wildman–Crippen LogP) is 5.30. The molecule has 0 amide bonds. The molecule has 2 aromatic carbocycles. The van der Waals surface area contributed by atoms with Gasteiger partial charge in [0.1, 0.15) is 11.6 Å². The van der Waals surface area contributed by atoms with Crippen LogP contribution in [0.4, 0.5) is 0 Å². The maximum Gasteiger partial charge on any atom is 0.143 e. The van der Waals surface area contributed by atoms with Crippen LogP contribution in [0.5, 0.6) is 5.75 Å². The quantitative estimate of drug-likeness (QED) is 0.696. The van der Waals surface area contributed by atoms with E-state index >= 15 is 0 Å². The molecule has 1 N–H and O–H groups in total. The van der Waals surface area contributed by atoms with Gasteiger partial charge in [0.15, 0.2) is 0 Å². The molecule has 3 rings (SSSR count). The van der Waals surface area contributed by atoms with Crippen molar-refractivity contribution in [1.82, 2.24) is 9.55 Å². The second kappa shape index (κ2) is 5.24. The number of rotatable bonds is 2. The number of halogens is 2. The average molecular weight is 321 g/mol. The Balaban J connectivity index is 2.40. The van der Waals surface area contributed by atoms with E-state index < -0.39 is 0 Å². The van der Waals surface area contributed by atoms with E-state index in [0.29, 0.717) is 21.4 Å². The van der Waals surface area contributed by atoms with Gasteiger partial charge in [0.25, 0.3) is 0 Å². The lowest BCUT2D eigenvalue weighted by Crippen LogP contribution is -2.03. The minimum atomic E-state index is 0.155. The summed E-state index contributed by atoms with van der Waals surface area (Å²) in [6, 6.07) is 10.6. The van der Waals surface area contributed by atoms with Gasteiger partial charge in [-0.1, -0.05) is 29.3 Å². The van der Waals surface area contributed by atoms with Crippen LogP contribution < -0.4 is 0 Å². The summed E-state index contributed by atoms with van der Waals surface area (Å²) < 4.78 is 2.04. The molecule has 5 heteroatoms.